The number of carbonyl (C=O) groups is 1. The zero-order valence-corrected chi connectivity index (χ0v) is 18.4. The van der Waals surface area contributed by atoms with Crippen LogP contribution in [0.2, 0.25) is 0 Å². The van der Waals surface area contributed by atoms with Gasteiger partial charge in [-0.2, -0.15) is 4.98 Å². The highest BCUT2D eigenvalue weighted by Crippen LogP contribution is 2.27. The van der Waals surface area contributed by atoms with Crippen molar-refractivity contribution in [3.8, 4) is 22.8 Å². The summed E-state index contributed by atoms with van der Waals surface area (Å²) in [7, 11) is 0. The van der Waals surface area contributed by atoms with E-state index >= 15 is 0 Å². The van der Waals surface area contributed by atoms with E-state index in [1.807, 2.05) is 49.4 Å². The molecule has 5 rings (SSSR count). The molecule has 0 aliphatic carbocycles. The third-order valence-electron chi connectivity index (χ3n) is 5.53. The first-order valence-corrected chi connectivity index (χ1v) is 10.8. The molecule has 168 valence electrons. The lowest BCUT2D eigenvalue weighted by Gasteiger charge is -2.12. The Labute approximate surface area is 194 Å². The van der Waals surface area contributed by atoms with Crippen molar-refractivity contribution in [3.63, 3.8) is 0 Å². The van der Waals surface area contributed by atoms with Gasteiger partial charge in [0, 0.05) is 36.0 Å². The van der Waals surface area contributed by atoms with Gasteiger partial charge in [-0.3, -0.25) is 19.1 Å². The summed E-state index contributed by atoms with van der Waals surface area (Å²) in [6.07, 6.45) is 3.29. The molecule has 8 heteroatoms. The Kier molecular flexibility index (Phi) is 5.70. The average Bonchev–Trinajstić information content (AvgIpc) is 3.36. The molecule has 0 unspecified atom stereocenters. The summed E-state index contributed by atoms with van der Waals surface area (Å²) in [5.41, 5.74) is 3.70. The van der Waals surface area contributed by atoms with Crippen LogP contribution in [0.1, 0.15) is 11.1 Å². The fraction of sp³-hybridized carbons (Fsp3) is 0.115. The molecule has 0 aliphatic rings. The molecule has 0 bridgehead atoms. The molecule has 0 spiro atoms. The van der Waals surface area contributed by atoms with Crippen molar-refractivity contribution in [2.45, 2.75) is 20.0 Å². The number of amides is 1. The summed E-state index contributed by atoms with van der Waals surface area (Å²) in [6, 6.07) is 20.3. The van der Waals surface area contributed by atoms with Gasteiger partial charge in [-0.15, -0.1) is 0 Å². The number of rotatable bonds is 6. The average molecular weight is 451 g/mol. The van der Waals surface area contributed by atoms with Crippen LogP contribution in [0.5, 0.6) is 0 Å². The second-order valence-electron chi connectivity index (χ2n) is 7.92. The normalized spacial score (nSPS) is 11.0. The second kappa shape index (κ2) is 9.11. The summed E-state index contributed by atoms with van der Waals surface area (Å²) in [5.74, 6) is 0.385. The van der Waals surface area contributed by atoms with Crippen molar-refractivity contribution in [3.05, 3.63) is 101 Å². The van der Waals surface area contributed by atoms with Gasteiger partial charge in [0.2, 0.25) is 11.7 Å². The number of carbonyl (C=O) groups excluding carboxylic acids is 1. The third kappa shape index (κ3) is 4.33. The summed E-state index contributed by atoms with van der Waals surface area (Å²) < 4.78 is 6.92. The molecule has 8 nitrogen and oxygen atoms in total. The molecule has 0 radical (unpaired) electrons. The second-order valence-corrected chi connectivity index (χ2v) is 7.92. The molecule has 3 heterocycles. The van der Waals surface area contributed by atoms with Crippen LogP contribution in [0.4, 0.5) is 0 Å². The molecule has 0 atom stereocenters. The number of hydrogen-bond acceptors (Lipinski definition) is 6. The maximum absolute atomic E-state index is 13.0. The predicted molar refractivity (Wildman–Crippen MR) is 128 cm³/mol. The van der Waals surface area contributed by atoms with Crippen LogP contribution in [-0.4, -0.2) is 25.6 Å². The Morgan fingerprint density at radius 3 is 2.59 bits per heavy atom. The summed E-state index contributed by atoms with van der Waals surface area (Å²) in [6.45, 7) is 2.30. The topological polar surface area (TPSA) is 103 Å². The van der Waals surface area contributed by atoms with Gasteiger partial charge in [-0.05, 0) is 30.7 Å². The number of nitrogens with zero attached hydrogens (tertiary/aromatic N) is 4. The highest BCUT2D eigenvalue weighted by molar-refractivity contribution is 5.93. The zero-order valence-electron chi connectivity index (χ0n) is 18.4. The fourth-order valence-electron chi connectivity index (χ4n) is 3.73. The lowest BCUT2D eigenvalue weighted by atomic mass is 10.1. The van der Waals surface area contributed by atoms with Gasteiger partial charge >= 0.3 is 0 Å². The number of aromatic nitrogens is 4. The van der Waals surface area contributed by atoms with E-state index in [1.165, 1.54) is 10.6 Å². The van der Waals surface area contributed by atoms with Gasteiger partial charge in [-0.1, -0.05) is 53.2 Å². The SMILES string of the molecule is Cc1ccc(CNC(=O)Cn2c(=O)cc(-c3nc(-c4ccncc4)no3)c3ccccc32)cc1. The number of nitrogens with one attached hydrogen (secondary N) is 1. The first-order valence-electron chi connectivity index (χ1n) is 10.8. The minimum absolute atomic E-state index is 0.0996. The van der Waals surface area contributed by atoms with Gasteiger partial charge in [0.05, 0.1) is 11.1 Å². The van der Waals surface area contributed by atoms with E-state index in [-0.39, 0.29) is 23.9 Å². The van der Waals surface area contributed by atoms with Gasteiger partial charge < -0.3 is 9.84 Å². The van der Waals surface area contributed by atoms with E-state index in [4.69, 9.17) is 4.52 Å². The Morgan fingerprint density at radius 2 is 1.79 bits per heavy atom. The Hall–Kier alpha value is -4.59. The quantitative estimate of drug-likeness (QED) is 0.422. The van der Waals surface area contributed by atoms with Crippen LogP contribution < -0.4 is 10.9 Å². The minimum atomic E-state index is -0.331. The van der Waals surface area contributed by atoms with Crippen molar-refractivity contribution >= 4 is 16.8 Å². The molecule has 0 saturated heterocycles. The highest BCUT2D eigenvalue weighted by atomic mass is 16.5. The molecule has 1 N–H and O–H groups in total. The number of hydrogen-bond donors (Lipinski definition) is 1. The summed E-state index contributed by atoms with van der Waals surface area (Å²) in [4.78, 5) is 34.1. The first kappa shape index (κ1) is 21.3. The number of fused-ring (bicyclic) bond motifs is 1. The molecule has 0 aliphatic heterocycles. The zero-order chi connectivity index (χ0) is 23.5. The van der Waals surface area contributed by atoms with Crippen LogP contribution in [0.15, 0.2) is 88.4 Å². The van der Waals surface area contributed by atoms with Crippen LogP contribution in [0, 0.1) is 6.92 Å². The van der Waals surface area contributed by atoms with Crippen LogP contribution in [0.3, 0.4) is 0 Å². The van der Waals surface area contributed by atoms with E-state index in [2.05, 4.69) is 20.4 Å². The first-order chi connectivity index (χ1) is 16.6. The monoisotopic (exact) mass is 451 g/mol. The van der Waals surface area contributed by atoms with E-state index in [0.717, 1.165) is 22.1 Å². The van der Waals surface area contributed by atoms with E-state index < -0.39 is 0 Å². The Balaban J connectivity index is 1.44. The molecular formula is C26H21N5O3. The van der Waals surface area contributed by atoms with E-state index in [9.17, 15) is 9.59 Å². The predicted octanol–water partition coefficient (Wildman–Crippen LogP) is 3.74. The molecule has 1 amide bonds. The van der Waals surface area contributed by atoms with Gasteiger partial charge in [0.15, 0.2) is 0 Å². The maximum Gasteiger partial charge on any atom is 0.259 e. The minimum Gasteiger partial charge on any atom is -0.350 e. The standard InChI is InChI=1S/C26H21N5O3/c1-17-6-8-18(9-7-17)15-28-23(32)16-31-22-5-3-2-4-20(22)21(14-24(31)33)26-29-25(30-34-26)19-10-12-27-13-11-19/h2-14H,15-16H2,1H3,(H,28,32). The molecular weight excluding hydrogens is 430 g/mol. The van der Waals surface area contributed by atoms with Crippen LogP contribution in [-0.2, 0) is 17.9 Å². The van der Waals surface area contributed by atoms with Crippen LogP contribution >= 0.6 is 0 Å². The van der Waals surface area contributed by atoms with Gasteiger partial charge in [-0.25, -0.2) is 0 Å². The van der Waals surface area contributed by atoms with Gasteiger partial charge in [0.25, 0.3) is 11.4 Å². The molecule has 0 saturated carbocycles. The molecule has 34 heavy (non-hydrogen) atoms. The van der Waals surface area contributed by atoms with Crippen molar-refractivity contribution in [1.82, 2.24) is 25.0 Å². The van der Waals surface area contributed by atoms with Crippen molar-refractivity contribution in [2.75, 3.05) is 0 Å². The Bertz CT molecular complexity index is 1520. The maximum atomic E-state index is 13.0. The lowest BCUT2D eigenvalue weighted by molar-refractivity contribution is -0.121. The fourth-order valence-corrected chi connectivity index (χ4v) is 3.73. The highest BCUT2D eigenvalue weighted by Gasteiger charge is 2.17. The number of benzene rings is 2. The van der Waals surface area contributed by atoms with Crippen molar-refractivity contribution in [1.29, 1.82) is 0 Å². The van der Waals surface area contributed by atoms with Crippen molar-refractivity contribution < 1.29 is 9.32 Å². The smallest absolute Gasteiger partial charge is 0.259 e. The van der Waals surface area contributed by atoms with E-state index in [0.29, 0.717) is 23.4 Å². The Morgan fingerprint density at radius 1 is 1.03 bits per heavy atom. The van der Waals surface area contributed by atoms with Crippen LogP contribution in [0.25, 0.3) is 33.7 Å². The molecule has 5 aromatic rings. The summed E-state index contributed by atoms with van der Waals surface area (Å²) >= 11 is 0. The lowest BCUT2D eigenvalue weighted by Crippen LogP contribution is -2.32. The molecule has 0 fully saturated rings. The largest absolute Gasteiger partial charge is 0.350 e. The number of para-hydroxylation sites is 1. The molecule has 3 aromatic heterocycles. The number of aryl methyl sites for hydroxylation is 1. The third-order valence-corrected chi connectivity index (χ3v) is 5.53. The van der Waals surface area contributed by atoms with Gasteiger partial charge in [0.1, 0.15) is 6.54 Å². The molecule has 2 aromatic carbocycles. The van der Waals surface area contributed by atoms with Crippen molar-refractivity contribution in [2.24, 2.45) is 0 Å². The van der Waals surface area contributed by atoms with E-state index in [1.54, 1.807) is 30.6 Å². The summed E-state index contributed by atoms with van der Waals surface area (Å²) in [5, 5.41) is 7.66. The number of pyridine rings is 2.